The third-order valence-electron chi connectivity index (χ3n) is 3.83. The first-order valence-electron chi connectivity index (χ1n) is 7.69. The standard InChI is InChI=1S/C15H30N4O2/c1-6-7-18(11-14(2,3)10-16)8-9-19-12(20)15(4,5)17-13(19)21/h6-11,16H2,1-5H3,(H,17,21). The predicted octanol–water partition coefficient (Wildman–Crippen LogP) is 1.01. The zero-order valence-electron chi connectivity index (χ0n) is 14.0. The zero-order valence-corrected chi connectivity index (χ0v) is 14.0. The summed E-state index contributed by atoms with van der Waals surface area (Å²) in [7, 11) is 0. The molecule has 1 aliphatic heterocycles. The number of amides is 3. The van der Waals surface area contributed by atoms with Crippen molar-refractivity contribution in [3.8, 4) is 0 Å². The van der Waals surface area contributed by atoms with Gasteiger partial charge in [0.05, 0.1) is 0 Å². The van der Waals surface area contributed by atoms with Crippen LogP contribution in [-0.4, -0.2) is 60.0 Å². The fourth-order valence-corrected chi connectivity index (χ4v) is 2.52. The van der Waals surface area contributed by atoms with Gasteiger partial charge in [-0.15, -0.1) is 0 Å². The lowest BCUT2D eigenvalue weighted by atomic mass is 9.93. The Morgan fingerprint density at radius 3 is 2.33 bits per heavy atom. The number of nitrogens with two attached hydrogens (primary N) is 1. The van der Waals surface area contributed by atoms with E-state index in [0.29, 0.717) is 19.6 Å². The quantitative estimate of drug-likeness (QED) is 0.656. The van der Waals surface area contributed by atoms with Crippen molar-refractivity contribution in [2.24, 2.45) is 11.1 Å². The average molecular weight is 298 g/mol. The molecule has 6 heteroatoms. The molecule has 0 aromatic heterocycles. The summed E-state index contributed by atoms with van der Waals surface area (Å²) >= 11 is 0. The van der Waals surface area contributed by atoms with Crippen LogP contribution in [-0.2, 0) is 4.79 Å². The van der Waals surface area contributed by atoms with Crippen LogP contribution in [0.25, 0.3) is 0 Å². The minimum Gasteiger partial charge on any atom is -0.330 e. The smallest absolute Gasteiger partial charge is 0.325 e. The molecule has 0 aromatic carbocycles. The Labute approximate surface area is 128 Å². The maximum Gasteiger partial charge on any atom is 0.325 e. The third-order valence-corrected chi connectivity index (χ3v) is 3.83. The van der Waals surface area contributed by atoms with Crippen molar-refractivity contribution in [3.05, 3.63) is 0 Å². The summed E-state index contributed by atoms with van der Waals surface area (Å²) in [4.78, 5) is 27.6. The van der Waals surface area contributed by atoms with Crippen molar-refractivity contribution in [1.29, 1.82) is 0 Å². The van der Waals surface area contributed by atoms with E-state index in [4.69, 9.17) is 5.73 Å². The van der Waals surface area contributed by atoms with Gasteiger partial charge in [-0.3, -0.25) is 9.69 Å². The van der Waals surface area contributed by atoms with E-state index < -0.39 is 5.54 Å². The Morgan fingerprint density at radius 1 is 1.29 bits per heavy atom. The topological polar surface area (TPSA) is 78.7 Å². The Morgan fingerprint density at radius 2 is 1.90 bits per heavy atom. The highest BCUT2D eigenvalue weighted by Crippen LogP contribution is 2.18. The van der Waals surface area contributed by atoms with Gasteiger partial charge in [-0.2, -0.15) is 0 Å². The van der Waals surface area contributed by atoms with Crippen molar-refractivity contribution in [2.75, 3.05) is 32.7 Å². The number of hydrogen-bond donors (Lipinski definition) is 2. The number of urea groups is 1. The van der Waals surface area contributed by atoms with Crippen LogP contribution < -0.4 is 11.1 Å². The Kier molecular flexibility index (Phi) is 5.75. The molecule has 0 atom stereocenters. The second-order valence-corrected chi connectivity index (χ2v) is 7.16. The first-order chi connectivity index (χ1) is 9.63. The molecule has 1 saturated heterocycles. The number of hydrogen-bond acceptors (Lipinski definition) is 4. The Bertz CT molecular complexity index is 393. The molecule has 3 N–H and O–H groups in total. The van der Waals surface area contributed by atoms with E-state index in [0.717, 1.165) is 19.5 Å². The molecule has 1 fully saturated rings. The third kappa shape index (κ3) is 4.68. The highest BCUT2D eigenvalue weighted by Gasteiger charge is 2.44. The van der Waals surface area contributed by atoms with Crippen molar-refractivity contribution in [1.82, 2.24) is 15.1 Å². The number of nitrogens with one attached hydrogen (secondary N) is 1. The molecule has 0 radical (unpaired) electrons. The number of rotatable bonds is 8. The second-order valence-electron chi connectivity index (χ2n) is 7.16. The SMILES string of the molecule is CCCN(CCN1C(=O)NC(C)(C)C1=O)CC(C)(C)CN. The van der Waals surface area contributed by atoms with Crippen molar-refractivity contribution >= 4 is 11.9 Å². The predicted molar refractivity (Wildman–Crippen MR) is 83.9 cm³/mol. The summed E-state index contributed by atoms with van der Waals surface area (Å²) in [6, 6.07) is -0.292. The van der Waals surface area contributed by atoms with Gasteiger partial charge in [-0.1, -0.05) is 20.8 Å². The van der Waals surface area contributed by atoms with Gasteiger partial charge in [0, 0.05) is 19.6 Å². The molecular weight excluding hydrogens is 268 g/mol. The first kappa shape index (κ1) is 17.9. The molecule has 0 aliphatic carbocycles. The van der Waals surface area contributed by atoms with E-state index in [-0.39, 0.29) is 17.4 Å². The molecule has 21 heavy (non-hydrogen) atoms. The van der Waals surface area contributed by atoms with Crippen molar-refractivity contribution < 1.29 is 9.59 Å². The molecule has 1 heterocycles. The van der Waals surface area contributed by atoms with Gasteiger partial charge < -0.3 is 16.0 Å². The van der Waals surface area contributed by atoms with Crippen LogP contribution in [0.1, 0.15) is 41.0 Å². The molecule has 3 amide bonds. The second kappa shape index (κ2) is 6.75. The van der Waals surface area contributed by atoms with Gasteiger partial charge in [0.15, 0.2) is 0 Å². The number of carbonyl (C=O) groups is 2. The molecule has 0 saturated carbocycles. The highest BCUT2D eigenvalue weighted by molar-refractivity contribution is 6.06. The summed E-state index contributed by atoms with van der Waals surface area (Å²) in [5.41, 5.74) is 5.04. The molecule has 0 spiro atoms. The minimum atomic E-state index is -0.788. The Balaban J connectivity index is 2.61. The van der Waals surface area contributed by atoms with Crippen LogP contribution in [0.4, 0.5) is 4.79 Å². The largest absolute Gasteiger partial charge is 0.330 e. The molecular formula is C15H30N4O2. The van der Waals surface area contributed by atoms with Crippen molar-refractivity contribution in [3.63, 3.8) is 0 Å². The van der Waals surface area contributed by atoms with Gasteiger partial charge in [0.25, 0.3) is 5.91 Å². The van der Waals surface area contributed by atoms with E-state index in [2.05, 4.69) is 31.0 Å². The van der Waals surface area contributed by atoms with Crippen LogP contribution in [0.15, 0.2) is 0 Å². The number of carbonyl (C=O) groups excluding carboxylic acids is 2. The number of nitrogens with zero attached hydrogens (tertiary/aromatic N) is 2. The van der Waals surface area contributed by atoms with Crippen LogP contribution in [0.5, 0.6) is 0 Å². The molecule has 0 unspecified atom stereocenters. The summed E-state index contributed by atoms with van der Waals surface area (Å²) in [5, 5.41) is 2.71. The zero-order chi connectivity index (χ0) is 16.3. The minimum absolute atomic E-state index is 0.0335. The molecule has 0 aromatic rings. The molecule has 0 bridgehead atoms. The fraction of sp³-hybridized carbons (Fsp3) is 0.867. The Hall–Kier alpha value is -1.14. The van der Waals surface area contributed by atoms with E-state index in [9.17, 15) is 9.59 Å². The van der Waals surface area contributed by atoms with Gasteiger partial charge >= 0.3 is 6.03 Å². The summed E-state index contributed by atoms with van der Waals surface area (Å²) in [6.07, 6.45) is 1.03. The molecule has 6 nitrogen and oxygen atoms in total. The number of imide groups is 1. The average Bonchev–Trinajstić information content (AvgIpc) is 2.56. The first-order valence-corrected chi connectivity index (χ1v) is 7.69. The van der Waals surface area contributed by atoms with E-state index in [1.165, 1.54) is 4.90 Å². The van der Waals surface area contributed by atoms with Gasteiger partial charge in [0.2, 0.25) is 0 Å². The maximum atomic E-state index is 12.2. The summed E-state index contributed by atoms with van der Waals surface area (Å²) in [6.45, 7) is 13.4. The van der Waals surface area contributed by atoms with E-state index in [1.807, 2.05) is 0 Å². The normalized spacial score (nSPS) is 18.5. The van der Waals surface area contributed by atoms with Crippen LogP contribution >= 0.6 is 0 Å². The van der Waals surface area contributed by atoms with Crippen molar-refractivity contribution in [2.45, 2.75) is 46.6 Å². The molecule has 1 aliphatic rings. The lowest BCUT2D eigenvalue weighted by Crippen LogP contribution is -2.44. The van der Waals surface area contributed by atoms with Gasteiger partial charge in [0.1, 0.15) is 5.54 Å². The summed E-state index contributed by atoms with van der Waals surface area (Å²) < 4.78 is 0. The molecule has 122 valence electrons. The fourth-order valence-electron chi connectivity index (χ4n) is 2.52. The van der Waals surface area contributed by atoms with E-state index >= 15 is 0 Å². The van der Waals surface area contributed by atoms with Crippen LogP contribution in [0, 0.1) is 5.41 Å². The van der Waals surface area contributed by atoms with Gasteiger partial charge in [-0.25, -0.2) is 4.79 Å². The lowest BCUT2D eigenvalue weighted by molar-refractivity contribution is -0.130. The van der Waals surface area contributed by atoms with Crippen LogP contribution in [0.2, 0.25) is 0 Å². The summed E-state index contributed by atoms with van der Waals surface area (Å²) in [5.74, 6) is -0.151. The van der Waals surface area contributed by atoms with Gasteiger partial charge in [-0.05, 0) is 38.8 Å². The van der Waals surface area contributed by atoms with E-state index in [1.54, 1.807) is 13.8 Å². The maximum absolute atomic E-state index is 12.2. The molecule has 1 rings (SSSR count). The highest BCUT2D eigenvalue weighted by atomic mass is 16.2. The monoisotopic (exact) mass is 298 g/mol. The van der Waals surface area contributed by atoms with Crippen LogP contribution in [0.3, 0.4) is 0 Å². The lowest BCUT2D eigenvalue weighted by Gasteiger charge is -2.32.